The van der Waals surface area contributed by atoms with E-state index < -0.39 is 17.8 Å². The Morgan fingerprint density at radius 2 is 2.09 bits per heavy atom. The summed E-state index contributed by atoms with van der Waals surface area (Å²) in [7, 11) is 0. The Kier molecular flexibility index (Phi) is 6.40. The lowest BCUT2D eigenvalue weighted by Crippen LogP contribution is -2.16. The van der Waals surface area contributed by atoms with Gasteiger partial charge in [-0.2, -0.15) is 13.2 Å². The lowest BCUT2D eigenvalue weighted by Gasteiger charge is -2.11. The first-order chi connectivity index (χ1) is 15.8. The van der Waals surface area contributed by atoms with Crippen molar-refractivity contribution in [3.63, 3.8) is 0 Å². The second-order valence-electron chi connectivity index (χ2n) is 7.39. The zero-order valence-electron chi connectivity index (χ0n) is 17.4. The van der Waals surface area contributed by atoms with Crippen LogP contribution in [0.5, 0.6) is 5.88 Å². The molecular weight excluding hydrogens is 443 g/mol. The summed E-state index contributed by atoms with van der Waals surface area (Å²) < 4.78 is 48.7. The van der Waals surface area contributed by atoms with Gasteiger partial charge in [0.15, 0.2) is 11.5 Å². The number of hydrogen-bond donors (Lipinski definition) is 3. The van der Waals surface area contributed by atoms with E-state index in [2.05, 4.69) is 36.1 Å². The van der Waals surface area contributed by atoms with Gasteiger partial charge in [-0.05, 0) is 26.0 Å². The third-order valence-corrected chi connectivity index (χ3v) is 4.90. The van der Waals surface area contributed by atoms with Crippen molar-refractivity contribution in [2.45, 2.75) is 19.5 Å². The van der Waals surface area contributed by atoms with E-state index in [0.717, 1.165) is 25.7 Å². The minimum absolute atomic E-state index is 0.0474. The average molecular weight is 463 g/mol. The van der Waals surface area contributed by atoms with Crippen molar-refractivity contribution in [1.29, 1.82) is 0 Å². The maximum Gasteiger partial charge on any atom is 0.434 e. The van der Waals surface area contributed by atoms with E-state index in [9.17, 15) is 18.0 Å². The van der Waals surface area contributed by atoms with E-state index in [1.165, 1.54) is 6.20 Å². The normalized spacial score (nSPS) is 15.9. The summed E-state index contributed by atoms with van der Waals surface area (Å²) in [6, 6.07) is 3.29. The van der Waals surface area contributed by atoms with E-state index >= 15 is 0 Å². The molecule has 0 radical (unpaired) electrons. The Labute approximate surface area is 186 Å². The van der Waals surface area contributed by atoms with Gasteiger partial charge in [-0.3, -0.25) is 4.79 Å². The molecule has 33 heavy (non-hydrogen) atoms. The van der Waals surface area contributed by atoms with Gasteiger partial charge in [0.2, 0.25) is 11.8 Å². The van der Waals surface area contributed by atoms with Crippen LogP contribution in [0.2, 0.25) is 0 Å². The number of carbonyl (C=O) groups excluding carboxylic acids is 1. The van der Waals surface area contributed by atoms with Gasteiger partial charge in [0, 0.05) is 18.5 Å². The van der Waals surface area contributed by atoms with E-state index in [0.29, 0.717) is 30.3 Å². The molecule has 0 unspecified atom stereocenters. The molecule has 4 rings (SSSR count). The van der Waals surface area contributed by atoms with Crippen molar-refractivity contribution in [3.05, 3.63) is 47.7 Å². The molecule has 1 amide bonds. The number of nitrogens with zero attached hydrogens (tertiary/aromatic N) is 4. The number of aromatic nitrogens is 4. The minimum atomic E-state index is -4.61. The molecule has 4 heterocycles. The number of hydrogen-bond acceptors (Lipinski definition) is 9. The van der Waals surface area contributed by atoms with Crippen molar-refractivity contribution in [2.24, 2.45) is 5.92 Å². The Morgan fingerprint density at radius 3 is 2.73 bits per heavy atom. The number of nitrogens with one attached hydrogen (secondary N) is 3. The third-order valence-electron chi connectivity index (χ3n) is 4.90. The maximum atomic E-state index is 12.8. The molecule has 1 aliphatic heterocycles. The molecule has 10 nitrogen and oxygen atoms in total. The number of alkyl halides is 3. The summed E-state index contributed by atoms with van der Waals surface area (Å²) in [5, 5.41) is 12.3. The molecule has 3 N–H and O–H groups in total. The molecular formula is C20H20F3N7O3. The Morgan fingerprint density at radius 1 is 1.24 bits per heavy atom. The van der Waals surface area contributed by atoms with Crippen LogP contribution in [0.1, 0.15) is 28.2 Å². The SMILES string of the molecule is Cc1noc(Nc2cnc(C(F)(F)F)cn2)c1C(=O)Nc1ccc(OC[C@H]2CCNC2)nc1. The van der Waals surface area contributed by atoms with Gasteiger partial charge < -0.3 is 25.2 Å². The van der Waals surface area contributed by atoms with Crippen LogP contribution < -0.4 is 20.7 Å². The Hall–Kier alpha value is -3.74. The fourth-order valence-electron chi connectivity index (χ4n) is 3.17. The van der Waals surface area contributed by atoms with Gasteiger partial charge in [0.25, 0.3) is 5.91 Å². The topological polar surface area (TPSA) is 127 Å². The molecule has 0 aromatic carbocycles. The van der Waals surface area contributed by atoms with Crippen LogP contribution in [0.15, 0.2) is 35.2 Å². The lowest BCUT2D eigenvalue weighted by molar-refractivity contribution is -0.141. The summed E-state index contributed by atoms with van der Waals surface area (Å²) in [4.78, 5) is 23.9. The van der Waals surface area contributed by atoms with Gasteiger partial charge in [-0.15, -0.1) is 0 Å². The van der Waals surface area contributed by atoms with E-state index in [1.54, 1.807) is 19.1 Å². The van der Waals surface area contributed by atoms with E-state index in [-0.39, 0.29) is 23.0 Å². The first-order valence-electron chi connectivity index (χ1n) is 10.0. The summed E-state index contributed by atoms with van der Waals surface area (Å²) in [5.41, 5.74) is -0.394. The highest BCUT2D eigenvalue weighted by atomic mass is 19.4. The van der Waals surface area contributed by atoms with E-state index in [1.807, 2.05) is 0 Å². The number of pyridine rings is 1. The Bertz CT molecular complexity index is 1100. The maximum absolute atomic E-state index is 12.8. The molecule has 0 spiro atoms. The second-order valence-corrected chi connectivity index (χ2v) is 7.39. The van der Waals surface area contributed by atoms with Crippen LogP contribution in [0.25, 0.3) is 0 Å². The molecule has 174 valence electrons. The predicted molar refractivity (Wildman–Crippen MR) is 110 cm³/mol. The highest BCUT2D eigenvalue weighted by Gasteiger charge is 2.33. The van der Waals surface area contributed by atoms with Crippen molar-refractivity contribution >= 4 is 23.3 Å². The number of rotatable bonds is 7. The van der Waals surface area contributed by atoms with Gasteiger partial charge >= 0.3 is 6.18 Å². The molecule has 0 bridgehead atoms. The molecule has 1 saturated heterocycles. The molecule has 1 aliphatic rings. The number of ether oxygens (including phenoxy) is 1. The monoisotopic (exact) mass is 463 g/mol. The van der Waals surface area contributed by atoms with Crippen molar-refractivity contribution in [1.82, 2.24) is 25.4 Å². The predicted octanol–water partition coefficient (Wildman–Crippen LogP) is 3.17. The van der Waals surface area contributed by atoms with Crippen LogP contribution in [0, 0.1) is 12.8 Å². The first kappa shape index (κ1) is 22.5. The number of anilines is 3. The summed E-state index contributed by atoms with van der Waals surface area (Å²) in [5.74, 6) is 0.210. The number of aryl methyl sites for hydroxylation is 1. The van der Waals surface area contributed by atoms with Gasteiger partial charge in [0.05, 0.1) is 36.6 Å². The summed E-state index contributed by atoms with van der Waals surface area (Å²) in [6.45, 7) is 4.01. The van der Waals surface area contributed by atoms with Gasteiger partial charge in [-0.1, -0.05) is 5.16 Å². The van der Waals surface area contributed by atoms with Crippen molar-refractivity contribution in [2.75, 3.05) is 30.3 Å². The van der Waals surface area contributed by atoms with Crippen molar-refractivity contribution in [3.8, 4) is 5.88 Å². The molecule has 1 atom stereocenters. The van der Waals surface area contributed by atoms with Crippen LogP contribution in [0.4, 0.5) is 30.6 Å². The lowest BCUT2D eigenvalue weighted by atomic mass is 10.1. The molecule has 0 saturated carbocycles. The molecule has 0 aliphatic carbocycles. The molecule has 3 aromatic rings. The fourth-order valence-corrected chi connectivity index (χ4v) is 3.17. The number of amides is 1. The smallest absolute Gasteiger partial charge is 0.434 e. The number of halogens is 3. The first-order valence-corrected chi connectivity index (χ1v) is 10.0. The molecule has 1 fully saturated rings. The van der Waals surface area contributed by atoms with Crippen LogP contribution >= 0.6 is 0 Å². The highest BCUT2D eigenvalue weighted by Crippen LogP contribution is 2.28. The molecule has 13 heteroatoms. The van der Waals surface area contributed by atoms with Crippen molar-refractivity contribution < 1.29 is 27.2 Å². The van der Waals surface area contributed by atoms with Crippen LogP contribution in [0.3, 0.4) is 0 Å². The average Bonchev–Trinajstić information content (AvgIpc) is 3.43. The second kappa shape index (κ2) is 9.40. The van der Waals surface area contributed by atoms with Gasteiger partial charge in [-0.25, -0.2) is 15.0 Å². The molecule has 3 aromatic heterocycles. The quantitative estimate of drug-likeness (QED) is 0.484. The largest absolute Gasteiger partial charge is 0.477 e. The Balaban J connectivity index is 1.40. The van der Waals surface area contributed by atoms with Gasteiger partial charge in [0.1, 0.15) is 5.56 Å². The minimum Gasteiger partial charge on any atom is -0.477 e. The van der Waals surface area contributed by atoms with E-state index in [4.69, 9.17) is 9.26 Å². The third kappa shape index (κ3) is 5.55. The van der Waals surface area contributed by atoms with Crippen LogP contribution in [-0.4, -0.2) is 45.7 Å². The zero-order valence-corrected chi connectivity index (χ0v) is 17.4. The zero-order chi connectivity index (χ0) is 23.4. The number of carbonyl (C=O) groups is 1. The van der Waals surface area contributed by atoms with Crippen LogP contribution in [-0.2, 0) is 6.18 Å². The summed E-state index contributed by atoms with van der Waals surface area (Å²) in [6.07, 6.45) is -0.643. The fraction of sp³-hybridized carbons (Fsp3) is 0.350. The summed E-state index contributed by atoms with van der Waals surface area (Å²) >= 11 is 0. The highest BCUT2D eigenvalue weighted by molar-refractivity contribution is 6.08. The standard InChI is InChI=1S/C20H20F3N7O3/c1-11-17(19(33-30-11)29-15-9-25-14(8-26-15)20(21,22)23)18(31)28-13-2-3-16(27-7-13)32-10-12-4-5-24-6-12/h2-3,7-9,12,24H,4-6,10H2,1H3,(H,26,29)(H,28,31)/t12-/m0/s1.